The van der Waals surface area contributed by atoms with Crippen LogP contribution in [-0.4, -0.2) is 19.7 Å². The van der Waals surface area contributed by atoms with Gasteiger partial charge in [0.05, 0.1) is 18.6 Å². The van der Waals surface area contributed by atoms with Gasteiger partial charge in [-0.1, -0.05) is 0 Å². The smallest absolute Gasteiger partial charge is 0.130 e. The first-order valence-corrected chi connectivity index (χ1v) is 3.85. The summed E-state index contributed by atoms with van der Waals surface area (Å²) in [7, 11) is 0. The minimum atomic E-state index is 0.652. The summed E-state index contributed by atoms with van der Waals surface area (Å²) >= 11 is 0. The summed E-state index contributed by atoms with van der Waals surface area (Å²) < 4.78 is 1.91. The fraction of sp³-hybridized carbons (Fsp3) is 0.111. The molecule has 0 aliphatic rings. The Hall–Kier alpha value is -2.02. The summed E-state index contributed by atoms with van der Waals surface area (Å²) in [4.78, 5) is 4.01. The van der Waals surface area contributed by atoms with Crippen LogP contribution in [0, 0.1) is 12.3 Å². The van der Waals surface area contributed by atoms with Crippen LogP contribution < -0.4 is 0 Å². The summed E-state index contributed by atoms with van der Waals surface area (Å²) in [6, 6.07) is 1.91. The van der Waals surface area contributed by atoms with Crippen LogP contribution in [0.25, 0.3) is 0 Å². The van der Waals surface area contributed by atoms with Crippen LogP contribution in [0.4, 0.5) is 0 Å². The number of nitrogens with one attached hydrogen (secondary N) is 1. The summed E-state index contributed by atoms with van der Waals surface area (Å²) in [6.07, 6.45) is 10.4. The summed E-state index contributed by atoms with van der Waals surface area (Å²) in [5.41, 5.74) is 1.68. The predicted molar refractivity (Wildman–Crippen MR) is 47.9 cm³/mol. The van der Waals surface area contributed by atoms with E-state index in [-0.39, 0.29) is 0 Å². The number of hydrogen-bond donors (Lipinski definition) is 1. The molecule has 4 nitrogen and oxygen atoms in total. The molecule has 0 spiro atoms. The van der Waals surface area contributed by atoms with E-state index in [0.717, 1.165) is 5.69 Å². The minimum absolute atomic E-state index is 0.652. The first-order valence-electron chi connectivity index (χ1n) is 3.85. The van der Waals surface area contributed by atoms with Crippen LogP contribution in [0.1, 0.15) is 11.4 Å². The monoisotopic (exact) mass is 172 g/mol. The van der Waals surface area contributed by atoms with E-state index in [9.17, 15) is 0 Å². The van der Waals surface area contributed by atoms with Crippen LogP contribution in [0.3, 0.4) is 0 Å². The molecule has 0 aliphatic carbocycles. The molecule has 0 atom stereocenters. The highest BCUT2D eigenvalue weighted by Crippen LogP contribution is 1.99. The lowest BCUT2D eigenvalue weighted by Crippen LogP contribution is -1.96. The van der Waals surface area contributed by atoms with Gasteiger partial charge in [0.2, 0.25) is 0 Å². The third-order valence-electron chi connectivity index (χ3n) is 1.69. The quantitative estimate of drug-likeness (QED) is 0.675. The van der Waals surface area contributed by atoms with Crippen molar-refractivity contribution in [3.05, 3.63) is 36.2 Å². The summed E-state index contributed by atoms with van der Waals surface area (Å²) in [5, 5.41) is 6.71. The van der Waals surface area contributed by atoms with E-state index < -0.39 is 0 Å². The molecule has 0 radical (unpaired) electrons. The van der Waals surface area contributed by atoms with Crippen LogP contribution in [0.2, 0.25) is 0 Å². The number of nitrogens with zero attached hydrogens (tertiary/aromatic N) is 3. The highest BCUT2D eigenvalue weighted by atomic mass is 15.1. The van der Waals surface area contributed by atoms with E-state index in [1.807, 2.05) is 16.8 Å². The van der Waals surface area contributed by atoms with E-state index in [1.54, 1.807) is 12.5 Å². The Kier molecular flexibility index (Phi) is 1.85. The first-order chi connectivity index (χ1) is 6.38. The maximum atomic E-state index is 5.19. The van der Waals surface area contributed by atoms with Gasteiger partial charge in [-0.15, -0.1) is 6.42 Å². The molecule has 0 bridgehead atoms. The molecule has 0 amide bonds. The van der Waals surface area contributed by atoms with Crippen molar-refractivity contribution in [1.29, 1.82) is 0 Å². The molecular formula is C9H8N4. The zero-order valence-corrected chi connectivity index (χ0v) is 6.94. The molecular weight excluding hydrogens is 164 g/mol. The van der Waals surface area contributed by atoms with Gasteiger partial charge < -0.3 is 4.57 Å². The van der Waals surface area contributed by atoms with Crippen molar-refractivity contribution in [2.45, 2.75) is 6.54 Å². The van der Waals surface area contributed by atoms with Gasteiger partial charge in [-0.25, -0.2) is 4.98 Å². The molecule has 0 fully saturated rings. The van der Waals surface area contributed by atoms with Crippen molar-refractivity contribution >= 4 is 0 Å². The number of rotatable bonds is 2. The molecule has 0 saturated heterocycles. The van der Waals surface area contributed by atoms with Gasteiger partial charge in [0.15, 0.2) is 0 Å². The van der Waals surface area contributed by atoms with Gasteiger partial charge in [-0.2, -0.15) is 5.10 Å². The Morgan fingerprint density at radius 2 is 2.54 bits per heavy atom. The Balaban J connectivity index is 2.15. The maximum Gasteiger partial charge on any atom is 0.130 e. The predicted octanol–water partition coefficient (Wildman–Crippen LogP) is 0.636. The lowest BCUT2D eigenvalue weighted by atomic mass is 10.4. The number of aromatic amines is 1. The third kappa shape index (κ3) is 1.59. The van der Waals surface area contributed by atoms with Gasteiger partial charge in [0, 0.05) is 12.4 Å². The standard InChI is InChI=1S/C9H8N4/c1-2-8-5-13(7-10-8)6-9-3-4-11-12-9/h1,3-5,7H,6H2,(H,11,12). The third-order valence-corrected chi connectivity index (χ3v) is 1.69. The van der Waals surface area contributed by atoms with E-state index >= 15 is 0 Å². The molecule has 0 saturated carbocycles. The second kappa shape index (κ2) is 3.15. The molecule has 4 heteroatoms. The summed E-state index contributed by atoms with van der Waals surface area (Å²) in [6.45, 7) is 0.717. The van der Waals surface area contributed by atoms with Crippen LogP contribution >= 0.6 is 0 Å². The Labute approximate surface area is 75.6 Å². The average molecular weight is 172 g/mol. The Bertz CT molecular complexity index is 419. The lowest BCUT2D eigenvalue weighted by Gasteiger charge is -1.96. The molecule has 64 valence electrons. The topological polar surface area (TPSA) is 46.5 Å². The molecule has 2 heterocycles. The minimum Gasteiger partial charge on any atom is -0.330 e. The molecule has 1 N–H and O–H groups in total. The Morgan fingerprint density at radius 1 is 1.62 bits per heavy atom. The highest BCUT2D eigenvalue weighted by Gasteiger charge is 1.97. The van der Waals surface area contributed by atoms with E-state index in [4.69, 9.17) is 6.42 Å². The van der Waals surface area contributed by atoms with Crippen molar-refractivity contribution < 1.29 is 0 Å². The molecule has 2 rings (SSSR count). The fourth-order valence-electron chi connectivity index (χ4n) is 1.09. The molecule has 13 heavy (non-hydrogen) atoms. The average Bonchev–Trinajstić information content (AvgIpc) is 2.76. The molecule has 0 aliphatic heterocycles. The SMILES string of the molecule is C#Cc1cn(Cc2ccn[nH]2)cn1. The molecule has 2 aromatic rings. The van der Waals surface area contributed by atoms with Crippen molar-refractivity contribution in [3.63, 3.8) is 0 Å². The van der Waals surface area contributed by atoms with Crippen LogP contribution in [0.5, 0.6) is 0 Å². The van der Waals surface area contributed by atoms with Gasteiger partial charge >= 0.3 is 0 Å². The first kappa shape index (κ1) is 7.62. The van der Waals surface area contributed by atoms with Gasteiger partial charge in [-0.3, -0.25) is 5.10 Å². The lowest BCUT2D eigenvalue weighted by molar-refractivity contribution is 0.767. The van der Waals surface area contributed by atoms with Crippen LogP contribution in [0.15, 0.2) is 24.8 Å². The zero-order chi connectivity index (χ0) is 9.10. The second-order valence-electron chi connectivity index (χ2n) is 2.66. The molecule has 0 aromatic carbocycles. The number of hydrogen-bond acceptors (Lipinski definition) is 2. The molecule has 0 unspecified atom stereocenters. The van der Waals surface area contributed by atoms with Crippen molar-refractivity contribution in [2.24, 2.45) is 0 Å². The van der Waals surface area contributed by atoms with Gasteiger partial charge in [0.1, 0.15) is 5.69 Å². The van der Waals surface area contributed by atoms with Gasteiger partial charge in [0.25, 0.3) is 0 Å². The normalized spacial score (nSPS) is 9.77. The van der Waals surface area contributed by atoms with Crippen molar-refractivity contribution in [2.75, 3.05) is 0 Å². The van der Waals surface area contributed by atoms with E-state index in [2.05, 4.69) is 21.1 Å². The summed E-state index contributed by atoms with van der Waals surface area (Å²) in [5.74, 6) is 2.47. The van der Waals surface area contributed by atoms with Gasteiger partial charge in [-0.05, 0) is 12.0 Å². The largest absolute Gasteiger partial charge is 0.330 e. The number of terminal acetylenes is 1. The van der Waals surface area contributed by atoms with Crippen molar-refractivity contribution in [1.82, 2.24) is 19.7 Å². The maximum absolute atomic E-state index is 5.19. The number of aromatic nitrogens is 4. The zero-order valence-electron chi connectivity index (χ0n) is 6.94. The van der Waals surface area contributed by atoms with E-state index in [0.29, 0.717) is 12.2 Å². The molecule has 2 aromatic heterocycles. The second-order valence-corrected chi connectivity index (χ2v) is 2.66. The Morgan fingerprint density at radius 3 is 3.15 bits per heavy atom. The highest BCUT2D eigenvalue weighted by molar-refractivity contribution is 5.21. The number of imidazole rings is 1. The fourth-order valence-corrected chi connectivity index (χ4v) is 1.09. The van der Waals surface area contributed by atoms with Crippen LogP contribution in [-0.2, 0) is 6.54 Å². The van der Waals surface area contributed by atoms with Crippen molar-refractivity contribution in [3.8, 4) is 12.3 Å². The van der Waals surface area contributed by atoms with E-state index in [1.165, 1.54) is 0 Å². The number of H-pyrrole nitrogens is 1.